The predicted molar refractivity (Wildman–Crippen MR) is 254 cm³/mol. The van der Waals surface area contributed by atoms with Gasteiger partial charge in [0, 0.05) is 22.3 Å². The van der Waals surface area contributed by atoms with E-state index in [1.165, 1.54) is 49.9 Å². The Bertz CT molecular complexity index is 3350. The molecule has 0 atom stereocenters. The Hall–Kier alpha value is -7.94. The molecule has 0 bridgehead atoms. The molecular weight excluding hydrogens is 739 g/mol. The number of hydrogen-bond acceptors (Lipinski definition) is 2. The second-order valence-corrected chi connectivity index (χ2v) is 16.0. The molecule has 1 heterocycles. The first kappa shape index (κ1) is 35.0. The maximum Gasteiger partial charge on any atom is 0.137 e. The van der Waals surface area contributed by atoms with Crippen molar-refractivity contribution >= 4 is 49.8 Å². The van der Waals surface area contributed by atoms with Gasteiger partial charge in [0.05, 0.1) is 16.5 Å². The van der Waals surface area contributed by atoms with Crippen LogP contribution in [0.4, 0.5) is 17.1 Å². The van der Waals surface area contributed by atoms with E-state index in [1.807, 2.05) is 0 Å². The van der Waals surface area contributed by atoms with Gasteiger partial charge >= 0.3 is 0 Å². The summed E-state index contributed by atoms with van der Waals surface area (Å²) in [6.45, 7) is 0. The van der Waals surface area contributed by atoms with E-state index in [9.17, 15) is 0 Å². The van der Waals surface area contributed by atoms with Gasteiger partial charge < -0.3 is 9.32 Å². The fraction of sp³-hybridized carbons (Fsp3) is 0.0169. The molecule has 0 fully saturated rings. The maximum atomic E-state index is 6.83. The van der Waals surface area contributed by atoms with E-state index in [0.717, 1.165) is 55.5 Å². The summed E-state index contributed by atoms with van der Waals surface area (Å²) in [6, 6.07) is 86.1. The summed E-state index contributed by atoms with van der Waals surface area (Å²) in [5.74, 6) is 0. The predicted octanol–water partition coefficient (Wildman–Crippen LogP) is 15.9. The summed E-state index contributed by atoms with van der Waals surface area (Å²) in [7, 11) is 0. The van der Waals surface area contributed by atoms with Crippen LogP contribution >= 0.6 is 0 Å². The summed E-state index contributed by atoms with van der Waals surface area (Å²) in [4.78, 5) is 2.48. The molecule has 1 aliphatic rings. The molecule has 0 aliphatic heterocycles. The minimum Gasteiger partial charge on any atom is -0.456 e. The Labute approximate surface area is 355 Å². The van der Waals surface area contributed by atoms with Crippen molar-refractivity contribution in [1.29, 1.82) is 0 Å². The van der Waals surface area contributed by atoms with Gasteiger partial charge in [-0.2, -0.15) is 0 Å². The molecule has 1 aromatic heterocycles. The molecule has 2 heteroatoms. The number of hydrogen-bond donors (Lipinski definition) is 0. The molecule has 0 saturated carbocycles. The molecule has 0 saturated heterocycles. The molecule has 0 unspecified atom stereocenters. The lowest BCUT2D eigenvalue weighted by atomic mass is 9.67. The van der Waals surface area contributed by atoms with Gasteiger partial charge in [-0.3, -0.25) is 0 Å². The number of anilines is 3. The van der Waals surface area contributed by atoms with Gasteiger partial charge in [0.15, 0.2) is 0 Å². The second kappa shape index (κ2) is 14.1. The molecular formula is C59H39NO. The van der Waals surface area contributed by atoms with Crippen molar-refractivity contribution in [1.82, 2.24) is 0 Å². The van der Waals surface area contributed by atoms with E-state index in [-0.39, 0.29) is 0 Å². The number of fused-ring (bicyclic) bond motifs is 7. The standard InChI is InChI=1S/C59H39NO/c1-5-17-40(18-6-1)41-29-31-47(32-30-41)60(58-49(42-19-7-2-8-20-42)35-36-55-57(58)52-37-43-21-13-14-22-44(43)38-56(52)61-55)48-33-34-51-50-27-15-16-28-53(50)59(54(51)39-48,45-23-9-3-10-24-45)46-25-11-4-12-26-46/h1-39H. The molecule has 11 aromatic rings. The van der Waals surface area contributed by atoms with E-state index in [0.29, 0.717) is 0 Å². The smallest absolute Gasteiger partial charge is 0.137 e. The second-order valence-electron chi connectivity index (χ2n) is 16.0. The zero-order valence-electron chi connectivity index (χ0n) is 33.4. The van der Waals surface area contributed by atoms with Crippen LogP contribution in [0.25, 0.3) is 66.1 Å². The van der Waals surface area contributed by atoms with Gasteiger partial charge in [-0.25, -0.2) is 0 Å². The molecule has 286 valence electrons. The van der Waals surface area contributed by atoms with Gasteiger partial charge in [0.2, 0.25) is 0 Å². The van der Waals surface area contributed by atoms with E-state index in [2.05, 4.69) is 241 Å². The SMILES string of the molecule is c1ccc(-c2ccc(N(c3ccc4c(c3)C(c3ccccc3)(c3ccccc3)c3ccccc3-4)c3c(-c4ccccc4)ccc4oc5cc6ccccc6cc5c34)cc2)cc1. The molecule has 1 aliphatic carbocycles. The Kier molecular flexibility index (Phi) is 8.11. The quantitative estimate of drug-likeness (QED) is 0.160. The summed E-state index contributed by atoms with van der Waals surface area (Å²) in [5.41, 5.74) is 16.5. The molecule has 0 radical (unpaired) electrons. The fourth-order valence-corrected chi connectivity index (χ4v) is 10.0. The highest BCUT2D eigenvalue weighted by atomic mass is 16.3. The zero-order chi connectivity index (χ0) is 40.3. The molecule has 10 aromatic carbocycles. The number of furan rings is 1. The normalized spacial score (nSPS) is 12.7. The van der Waals surface area contributed by atoms with Crippen LogP contribution in [0, 0.1) is 0 Å². The lowest BCUT2D eigenvalue weighted by Crippen LogP contribution is -2.28. The highest BCUT2D eigenvalue weighted by Crippen LogP contribution is 2.58. The van der Waals surface area contributed by atoms with Crippen molar-refractivity contribution in [2.75, 3.05) is 4.90 Å². The maximum absolute atomic E-state index is 6.83. The Morgan fingerprint density at radius 1 is 0.344 bits per heavy atom. The van der Waals surface area contributed by atoms with Gasteiger partial charge in [0.1, 0.15) is 11.2 Å². The first-order valence-electron chi connectivity index (χ1n) is 21.0. The lowest BCUT2D eigenvalue weighted by Gasteiger charge is -2.35. The summed E-state index contributed by atoms with van der Waals surface area (Å²) < 4.78 is 6.83. The van der Waals surface area contributed by atoms with Crippen molar-refractivity contribution in [2.24, 2.45) is 0 Å². The number of nitrogens with zero attached hydrogens (tertiary/aromatic N) is 1. The van der Waals surface area contributed by atoms with Crippen LogP contribution in [0.5, 0.6) is 0 Å². The van der Waals surface area contributed by atoms with Crippen molar-refractivity contribution in [3.63, 3.8) is 0 Å². The minimum absolute atomic E-state index is 0.553. The highest BCUT2D eigenvalue weighted by Gasteiger charge is 2.46. The van der Waals surface area contributed by atoms with Crippen molar-refractivity contribution in [2.45, 2.75) is 5.41 Å². The third kappa shape index (κ3) is 5.50. The largest absolute Gasteiger partial charge is 0.456 e. The van der Waals surface area contributed by atoms with Crippen molar-refractivity contribution < 1.29 is 4.42 Å². The monoisotopic (exact) mass is 777 g/mol. The molecule has 12 rings (SSSR count). The molecule has 0 spiro atoms. The van der Waals surface area contributed by atoms with E-state index in [4.69, 9.17) is 4.42 Å². The molecule has 0 N–H and O–H groups in total. The zero-order valence-corrected chi connectivity index (χ0v) is 33.4. The van der Waals surface area contributed by atoms with Crippen LogP contribution in [0.15, 0.2) is 241 Å². The first-order chi connectivity index (χ1) is 30.3. The van der Waals surface area contributed by atoms with Gasteiger partial charge in [-0.15, -0.1) is 0 Å². The van der Waals surface area contributed by atoms with Crippen LogP contribution in [0.3, 0.4) is 0 Å². The van der Waals surface area contributed by atoms with E-state index < -0.39 is 5.41 Å². The first-order valence-corrected chi connectivity index (χ1v) is 21.0. The van der Waals surface area contributed by atoms with Gasteiger partial charge in [-0.1, -0.05) is 188 Å². The van der Waals surface area contributed by atoms with Crippen LogP contribution in [0.2, 0.25) is 0 Å². The van der Waals surface area contributed by atoms with Crippen LogP contribution < -0.4 is 4.90 Å². The Balaban J connectivity index is 1.20. The Morgan fingerprint density at radius 3 is 1.56 bits per heavy atom. The van der Waals surface area contributed by atoms with Crippen LogP contribution in [-0.2, 0) is 5.41 Å². The molecule has 0 amide bonds. The average molecular weight is 778 g/mol. The topological polar surface area (TPSA) is 16.4 Å². The van der Waals surface area contributed by atoms with Gasteiger partial charge in [0.25, 0.3) is 0 Å². The van der Waals surface area contributed by atoms with Gasteiger partial charge in [-0.05, 0) is 109 Å². The van der Waals surface area contributed by atoms with E-state index in [1.54, 1.807) is 0 Å². The van der Waals surface area contributed by atoms with Crippen molar-refractivity contribution in [3.05, 3.63) is 259 Å². The van der Waals surface area contributed by atoms with Crippen LogP contribution in [-0.4, -0.2) is 0 Å². The van der Waals surface area contributed by atoms with Crippen LogP contribution in [0.1, 0.15) is 22.3 Å². The summed E-state index contributed by atoms with van der Waals surface area (Å²) >= 11 is 0. The number of benzene rings is 10. The Morgan fingerprint density at radius 2 is 0.869 bits per heavy atom. The average Bonchev–Trinajstić information content (AvgIpc) is 3.85. The van der Waals surface area contributed by atoms with E-state index >= 15 is 0 Å². The van der Waals surface area contributed by atoms with Crippen molar-refractivity contribution in [3.8, 4) is 33.4 Å². The molecule has 61 heavy (non-hydrogen) atoms. The summed E-state index contributed by atoms with van der Waals surface area (Å²) in [5, 5.41) is 4.50. The summed E-state index contributed by atoms with van der Waals surface area (Å²) in [6.07, 6.45) is 0. The fourth-order valence-electron chi connectivity index (χ4n) is 10.0. The lowest BCUT2D eigenvalue weighted by molar-refractivity contribution is 0.669. The molecule has 2 nitrogen and oxygen atoms in total. The third-order valence-electron chi connectivity index (χ3n) is 12.7. The number of rotatable bonds is 7. The third-order valence-corrected chi connectivity index (χ3v) is 12.7. The minimum atomic E-state index is -0.553. The highest BCUT2D eigenvalue weighted by molar-refractivity contribution is 6.19.